The molecule has 1 saturated heterocycles. The Bertz CT molecular complexity index is 685. The van der Waals surface area contributed by atoms with Crippen molar-refractivity contribution in [2.45, 2.75) is 18.9 Å². The van der Waals surface area contributed by atoms with Gasteiger partial charge in [0.15, 0.2) is 23.3 Å². The third-order valence-electron chi connectivity index (χ3n) is 3.99. The molecule has 2 nitrogen and oxygen atoms in total. The van der Waals surface area contributed by atoms with Gasteiger partial charge in [0.05, 0.1) is 17.3 Å². The maximum absolute atomic E-state index is 14.2. The highest BCUT2D eigenvalue weighted by Crippen LogP contribution is 2.36. The highest BCUT2D eigenvalue weighted by Gasteiger charge is 2.35. The number of aromatic nitrogens is 1. The molecule has 1 aromatic heterocycles. The zero-order valence-electron chi connectivity index (χ0n) is 12.0. The van der Waals surface area contributed by atoms with Crippen molar-refractivity contribution < 1.29 is 22.0 Å². The summed E-state index contributed by atoms with van der Waals surface area (Å²) in [5.41, 5.74) is -0.598. The van der Waals surface area contributed by atoms with Crippen LogP contribution in [0, 0.1) is 29.1 Å². The first-order valence-electron chi connectivity index (χ1n) is 7.18. The molecule has 23 heavy (non-hydrogen) atoms. The van der Waals surface area contributed by atoms with E-state index in [2.05, 4.69) is 4.98 Å². The van der Waals surface area contributed by atoms with E-state index in [0.717, 1.165) is 12.8 Å². The second-order valence-electron chi connectivity index (χ2n) is 5.38. The average molecular weight is 328 g/mol. The molecule has 1 fully saturated rings. The summed E-state index contributed by atoms with van der Waals surface area (Å²) < 4.78 is 68.8. The van der Waals surface area contributed by atoms with Crippen LogP contribution in [0.3, 0.4) is 0 Å². The molecule has 0 N–H and O–H groups in total. The molecule has 2 heterocycles. The Labute approximate surface area is 129 Å². The summed E-state index contributed by atoms with van der Waals surface area (Å²) in [4.78, 5) is 5.73. The number of hydrogen-bond donors (Lipinski definition) is 0. The summed E-state index contributed by atoms with van der Waals surface area (Å²) in [7, 11) is 0. The molecule has 0 spiro atoms. The summed E-state index contributed by atoms with van der Waals surface area (Å²) in [6.07, 6.45) is 3.00. The van der Waals surface area contributed by atoms with E-state index in [0.29, 0.717) is 13.1 Å². The van der Waals surface area contributed by atoms with Crippen molar-refractivity contribution >= 4 is 0 Å². The maximum Gasteiger partial charge on any atom is 0.200 e. The molecule has 1 unspecified atom stereocenters. The van der Waals surface area contributed by atoms with Gasteiger partial charge in [-0.25, -0.2) is 22.0 Å². The average Bonchev–Trinajstić information content (AvgIpc) is 3.10. The summed E-state index contributed by atoms with van der Waals surface area (Å²) >= 11 is 0. The van der Waals surface area contributed by atoms with Gasteiger partial charge in [-0.3, -0.25) is 9.88 Å². The maximum atomic E-state index is 14.2. The Hall–Kier alpha value is -2.02. The topological polar surface area (TPSA) is 16.1 Å². The van der Waals surface area contributed by atoms with Crippen molar-refractivity contribution in [2.24, 2.45) is 0 Å². The summed E-state index contributed by atoms with van der Waals surface area (Å²) in [6, 6.07) is 3.63. The molecule has 1 aliphatic rings. The van der Waals surface area contributed by atoms with E-state index < -0.39 is 40.7 Å². The monoisotopic (exact) mass is 328 g/mol. The van der Waals surface area contributed by atoms with Crippen LogP contribution in [0.5, 0.6) is 0 Å². The van der Waals surface area contributed by atoms with E-state index >= 15 is 0 Å². The van der Waals surface area contributed by atoms with E-state index in [4.69, 9.17) is 0 Å². The molecule has 1 atom stereocenters. The van der Waals surface area contributed by atoms with E-state index in [9.17, 15) is 22.0 Å². The fourth-order valence-corrected chi connectivity index (χ4v) is 2.92. The molecule has 0 saturated carbocycles. The number of pyridine rings is 1. The third kappa shape index (κ3) is 2.69. The van der Waals surface area contributed by atoms with E-state index in [1.54, 1.807) is 17.0 Å². The van der Waals surface area contributed by atoms with Crippen LogP contribution in [0.25, 0.3) is 0 Å². The SMILES string of the molecule is Fc1c(F)c(F)c(C(c2ccccn2)N2CCCC2)c(F)c1F. The first-order valence-corrected chi connectivity index (χ1v) is 7.18. The van der Waals surface area contributed by atoms with Crippen LogP contribution in [-0.4, -0.2) is 23.0 Å². The minimum absolute atomic E-state index is 0.248. The summed E-state index contributed by atoms with van der Waals surface area (Å²) in [6.45, 7) is 1.00. The lowest BCUT2D eigenvalue weighted by Gasteiger charge is -2.28. The van der Waals surface area contributed by atoms with Crippen LogP contribution < -0.4 is 0 Å². The van der Waals surface area contributed by atoms with Gasteiger partial charge in [-0.05, 0) is 38.1 Å². The lowest BCUT2D eigenvalue weighted by atomic mass is 9.99. The molecule has 3 rings (SSSR count). The number of hydrogen-bond acceptors (Lipinski definition) is 2. The number of rotatable bonds is 3. The predicted molar refractivity (Wildman–Crippen MR) is 73.1 cm³/mol. The van der Waals surface area contributed by atoms with Gasteiger partial charge in [-0.15, -0.1) is 0 Å². The van der Waals surface area contributed by atoms with Crippen molar-refractivity contribution in [3.63, 3.8) is 0 Å². The van der Waals surface area contributed by atoms with Crippen LogP contribution >= 0.6 is 0 Å². The van der Waals surface area contributed by atoms with Crippen LogP contribution in [0.4, 0.5) is 22.0 Å². The minimum Gasteiger partial charge on any atom is -0.291 e. The predicted octanol–water partition coefficient (Wildman–Crippen LogP) is 3.96. The Morgan fingerprint density at radius 1 is 0.826 bits per heavy atom. The van der Waals surface area contributed by atoms with E-state index in [-0.39, 0.29) is 5.69 Å². The Balaban J connectivity index is 2.22. The van der Waals surface area contributed by atoms with Gasteiger partial charge in [0.1, 0.15) is 0 Å². The highest BCUT2D eigenvalue weighted by molar-refractivity contribution is 5.33. The van der Waals surface area contributed by atoms with Gasteiger partial charge in [0.2, 0.25) is 5.82 Å². The second-order valence-corrected chi connectivity index (χ2v) is 5.38. The Kier molecular flexibility index (Phi) is 4.30. The molecule has 1 aliphatic heterocycles. The highest BCUT2D eigenvalue weighted by atomic mass is 19.2. The molecule has 7 heteroatoms. The smallest absolute Gasteiger partial charge is 0.200 e. The van der Waals surface area contributed by atoms with Gasteiger partial charge >= 0.3 is 0 Å². The third-order valence-corrected chi connectivity index (χ3v) is 3.99. The molecular formula is C16H13F5N2. The zero-order valence-corrected chi connectivity index (χ0v) is 12.0. The first kappa shape index (κ1) is 15.9. The van der Waals surface area contributed by atoms with Crippen LogP contribution in [0.2, 0.25) is 0 Å². The minimum atomic E-state index is -2.15. The lowest BCUT2D eigenvalue weighted by Crippen LogP contribution is -2.30. The van der Waals surface area contributed by atoms with E-state index in [1.807, 2.05) is 0 Å². The lowest BCUT2D eigenvalue weighted by molar-refractivity contribution is 0.255. The van der Waals surface area contributed by atoms with Gasteiger partial charge < -0.3 is 0 Å². The first-order chi connectivity index (χ1) is 11.0. The second kappa shape index (κ2) is 6.23. The molecule has 0 bridgehead atoms. The Morgan fingerprint density at radius 3 is 1.91 bits per heavy atom. The van der Waals surface area contributed by atoms with Crippen molar-refractivity contribution in [2.75, 3.05) is 13.1 Å². The quantitative estimate of drug-likeness (QED) is 0.482. The van der Waals surface area contributed by atoms with E-state index in [1.165, 1.54) is 12.3 Å². The van der Waals surface area contributed by atoms with Crippen LogP contribution in [-0.2, 0) is 0 Å². The normalized spacial score (nSPS) is 16.7. The molecule has 0 amide bonds. The van der Waals surface area contributed by atoms with Gasteiger partial charge in [0, 0.05) is 6.20 Å². The standard InChI is InChI=1S/C16H13F5N2/c17-11-10(12(18)14(20)15(21)13(11)19)16(23-7-3-4-8-23)9-5-1-2-6-22-9/h1-2,5-6,16H,3-4,7-8H2. The molecule has 0 aliphatic carbocycles. The fourth-order valence-electron chi connectivity index (χ4n) is 2.92. The van der Waals surface area contributed by atoms with Gasteiger partial charge in [0.25, 0.3) is 0 Å². The summed E-state index contributed by atoms with van der Waals surface area (Å²) in [5.74, 6) is -9.61. The largest absolute Gasteiger partial charge is 0.291 e. The van der Waals surface area contributed by atoms with Crippen molar-refractivity contribution in [3.05, 3.63) is 64.7 Å². The fraction of sp³-hybridized carbons (Fsp3) is 0.312. The Morgan fingerprint density at radius 2 is 1.39 bits per heavy atom. The van der Waals surface area contributed by atoms with Crippen molar-refractivity contribution in [1.29, 1.82) is 0 Å². The number of nitrogens with zero attached hydrogens (tertiary/aromatic N) is 2. The molecule has 0 radical (unpaired) electrons. The number of likely N-dealkylation sites (tertiary alicyclic amines) is 1. The van der Waals surface area contributed by atoms with Gasteiger partial charge in [-0.2, -0.15) is 0 Å². The van der Waals surface area contributed by atoms with Crippen LogP contribution in [0.1, 0.15) is 30.1 Å². The van der Waals surface area contributed by atoms with Crippen molar-refractivity contribution in [3.8, 4) is 0 Å². The number of halogens is 5. The molecule has 2 aromatic rings. The number of benzene rings is 1. The zero-order chi connectivity index (χ0) is 16.6. The molecule has 1 aromatic carbocycles. The summed E-state index contributed by atoms with van der Waals surface area (Å²) in [5, 5.41) is 0. The molecular weight excluding hydrogens is 315 g/mol. The van der Waals surface area contributed by atoms with Crippen LogP contribution in [0.15, 0.2) is 24.4 Å². The molecule has 122 valence electrons. The van der Waals surface area contributed by atoms with Crippen molar-refractivity contribution in [1.82, 2.24) is 9.88 Å². The van der Waals surface area contributed by atoms with Gasteiger partial charge in [-0.1, -0.05) is 6.07 Å².